The van der Waals surface area contributed by atoms with Gasteiger partial charge in [-0.3, -0.25) is 0 Å². The van der Waals surface area contributed by atoms with E-state index in [1.165, 1.54) is 24.6 Å². The van der Waals surface area contributed by atoms with Crippen LogP contribution in [0.25, 0.3) is 0 Å². The summed E-state index contributed by atoms with van der Waals surface area (Å²) in [5, 5.41) is 0. The summed E-state index contributed by atoms with van der Waals surface area (Å²) in [6.07, 6.45) is 3.47. The van der Waals surface area contributed by atoms with Crippen LogP contribution in [0.3, 0.4) is 0 Å². The molecular formula is C13H18FNO2S. The maximum atomic E-state index is 13.5. The fourth-order valence-corrected chi connectivity index (χ4v) is 3.61. The SMILES string of the molecule is O=S(=O)(CCN1CCCCC1)c1ccccc1F. The minimum Gasteiger partial charge on any atom is -0.302 e. The van der Waals surface area contributed by atoms with Crippen LogP contribution in [-0.4, -0.2) is 38.7 Å². The Morgan fingerprint density at radius 1 is 1.11 bits per heavy atom. The highest BCUT2D eigenvalue weighted by Gasteiger charge is 2.20. The lowest BCUT2D eigenvalue weighted by Crippen LogP contribution is -2.34. The zero-order chi connectivity index (χ0) is 13.0. The Hall–Kier alpha value is -0.940. The van der Waals surface area contributed by atoms with Crippen LogP contribution in [0.15, 0.2) is 29.2 Å². The van der Waals surface area contributed by atoms with Crippen LogP contribution in [0.2, 0.25) is 0 Å². The summed E-state index contributed by atoms with van der Waals surface area (Å²) in [6, 6.07) is 5.57. The van der Waals surface area contributed by atoms with Crippen LogP contribution in [0.1, 0.15) is 19.3 Å². The molecule has 0 amide bonds. The van der Waals surface area contributed by atoms with Gasteiger partial charge in [0.1, 0.15) is 10.7 Å². The molecule has 0 N–H and O–H groups in total. The number of hydrogen-bond acceptors (Lipinski definition) is 3. The van der Waals surface area contributed by atoms with E-state index in [2.05, 4.69) is 4.90 Å². The van der Waals surface area contributed by atoms with Gasteiger partial charge in [0.05, 0.1) is 5.75 Å². The second kappa shape index (κ2) is 5.80. The number of halogens is 1. The van der Waals surface area contributed by atoms with Gasteiger partial charge in [-0.2, -0.15) is 0 Å². The van der Waals surface area contributed by atoms with Crippen molar-refractivity contribution in [2.75, 3.05) is 25.4 Å². The van der Waals surface area contributed by atoms with E-state index in [4.69, 9.17) is 0 Å². The Morgan fingerprint density at radius 3 is 2.44 bits per heavy atom. The minimum absolute atomic E-state index is 0.00602. The third kappa shape index (κ3) is 3.29. The Bertz CT molecular complexity index is 495. The summed E-state index contributed by atoms with van der Waals surface area (Å²) in [7, 11) is -3.51. The highest BCUT2D eigenvalue weighted by molar-refractivity contribution is 7.91. The molecule has 0 atom stereocenters. The molecule has 0 spiro atoms. The molecule has 2 rings (SSSR count). The molecule has 5 heteroatoms. The van der Waals surface area contributed by atoms with E-state index in [1.54, 1.807) is 6.07 Å². The molecule has 100 valence electrons. The van der Waals surface area contributed by atoms with Gasteiger partial charge in [-0.05, 0) is 38.1 Å². The summed E-state index contributed by atoms with van der Waals surface area (Å²) in [5.41, 5.74) is 0. The molecule has 1 aromatic rings. The molecule has 18 heavy (non-hydrogen) atoms. The van der Waals surface area contributed by atoms with Crippen molar-refractivity contribution >= 4 is 9.84 Å². The predicted molar refractivity (Wildman–Crippen MR) is 68.7 cm³/mol. The first-order valence-corrected chi connectivity index (χ1v) is 7.94. The van der Waals surface area contributed by atoms with Crippen molar-refractivity contribution in [3.05, 3.63) is 30.1 Å². The second-order valence-electron chi connectivity index (χ2n) is 4.65. The van der Waals surface area contributed by atoms with Crippen molar-refractivity contribution in [3.8, 4) is 0 Å². The van der Waals surface area contributed by atoms with E-state index in [1.807, 2.05) is 0 Å². The molecule has 0 radical (unpaired) electrons. The Balaban J connectivity index is 2.01. The maximum Gasteiger partial charge on any atom is 0.182 e. The highest BCUT2D eigenvalue weighted by atomic mass is 32.2. The molecule has 1 heterocycles. The second-order valence-corrected chi connectivity index (χ2v) is 6.73. The molecular weight excluding hydrogens is 253 g/mol. The summed E-state index contributed by atoms with van der Waals surface area (Å²) >= 11 is 0. The van der Waals surface area contributed by atoms with Crippen LogP contribution in [0.5, 0.6) is 0 Å². The number of nitrogens with zero attached hydrogens (tertiary/aromatic N) is 1. The largest absolute Gasteiger partial charge is 0.302 e. The molecule has 0 aromatic heterocycles. The van der Waals surface area contributed by atoms with Crippen molar-refractivity contribution in [3.63, 3.8) is 0 Å². The van der Waals surface area contributed by atoms with Crippen LogP contribution in [-0.2, 0) is 9.84 Å². The molecule has 0 unspecified atom stereocenters. The van der Waals surface area contributed by atoms with Gasteiger partial charge in [-0.25, -0.2) is 12.8 Å². The Kier molecular flexibility index (Phi) is 4.35. The number of likely N-dealkylation sites (tertiary alicyclic amines) is 1. The topological polar surface area (TPSA) is 37.4 Å². The number of benzene rings is 1. The zero-order valence-electron chi connectivity index (χ0n) is 10.3. The van der Waals surface area contributed by atoms with E-state index in [-0.39, 0.29) is 10.6 Å². The van der Waals surface area contributed by atoms with Crippen molar-refractivity contribution in [2.24, 2.45) is 0 Å². The van der Waals surface area contributed by atoms with Gasteiger partial charge >= 0.3 is 0 Å². The van der Waals surface area contributed by atoms with E-state index in [0.717, 1.165) is 25.9 Å². The van der Waals surface area contributed by atoms with Crippen LogP contribution in [0.4, 0.5) is 4.39 Å². The van der Waals surface area contributed by atoms with Crippen molar-refractivity contribution in [1.29, 1.82) is 0 Å². The van der Waals surface area contributed by atoms with Crippen molar-refractivity contribution in [1.82, 2.24) is 4.90 Å². The van der Waals surface area contributed by atoms with Gasteiger partial charge in [-0.15, -0.1) is 0 Å². The first-order chi connectivity index (χ1) is 8.59. The highest BCUT2D eigenvalue weighted by Crippen LogP contribution is 2.16. The standard InChI is InChI=1S/C13H18FNO2S/c14-12-6-2-3-7-13(12)18(16,17)11-10-15-8-4-1-5-9-15/h2-3,6-7H,1,4-5,8-11H2. The quantitative estimate of drug-likeness (QED) is 0.841. The lowest BCUT2D eigenvalue weighted by atomic mass is 10.1. The van der Waals surface area contributed by atoms with E-state index >= 15 is 0 Å². The van der Waals surface area contributed by atoms with Gasteiger partial charge < -0.3 is 4.90 Å². The summed E-state index contributed by atoms with van der Waals surface area (Å²) in [4.78, 5) is 1.96. The molecule has 0 aliphatic carbocycles. The maximum absolute atomic E-state index is 13.5. The first kappa shape index (κ1) is 13.5. The fourth-order valence-electron chi connectivity index (χ4n) is 2.24. The van der Waals surface area contributed by atoms with Gasteiger partial charge in [-0.1, -0.05) is 18.6 Å². The summed E-state index contributed by atoms with van der Waals surface area (Å²) < 4.78 is 37.5. The molecule has 0 saturated carbocycles. The lowest BCUT2D eigenvalue weighted by Gasteiger charge is -2.26. The first-order valence-electron chi connectivity index (χ1n) is 6.29. The molecule has 3 nitrogen and oxygen atoms in total. The lowest BCUT2D eigenvalue weighted by molar-refractivity contribution is 0.241. The monoisotopic (exact) mass is 271 g/mol. The third-order valence-electron chi connectivity index (χ3n) is 3.30. The van der Waals surface area contributed by atoms with Gasteiger partial charge in [0.15, 0.2) is 9.84 Å². The Morgan fingerprint density at radius 2 is 1.78 bits per heavy atom. The Labute approximate surface area is 108 Å². The van der Waals surface area contributed by atoms with E-state index in [9.17, 15) is 12.8 Å². The van der Waals surface area contributed by atoms with Crippen molar-refractivity contribution < 1.29 is 12.8 Å². The molecule has 1 fully saturated rings. The summed E-state index contributed by atoms with van der Waals surface area (Å²) in [6.45, 7) is 2.40. The minimum atomic E-state index is -3.51. The number of hydrogen-bond donors (Lipinski definition) is 0. The predicted octanol–water partition coefficient (Wildman–Crippen LogP) is 2.09. The average molecular weight is 271 g/mol. The van der Waals surface area contributed by atoms with E-state index in [0.29, 0.717) is 6.54 Å². The molecule has 1 saturated heterocycles. The molecule has 1 aliphatic heterocycles. The number of piperidine rings is 1. The van der Waals surface area contributed by atoms with Gasteiger partial charge in [0, 0.05) is 6.54 Å². The molecule has 1 aromatic carbocycles. The van der Waals surface area contributed by atoms with Crippen molar-refractivity contribution in [2.45, 2.75) is 24.2 Å². The van der Waals surface area contributed by atoms with Crippen LogP contribution >= 0.6 is 0 Å². The number of rotatable bonds is 4. The molecule has 0 bridgehead atoms. The zero-order valence-corrected chi connectivity index (χ0v) is 11.1. The summed E-state index contributed by atoms with van der Waals surface area (Å²) in [5.74, 6) is -0.662. The van der Waals surface area contributed by atoms with Crippen LogP contribution in [0, 0.1) is 5.82 Å². The van der Waals surface area contributed by atoms with Crippen LogP contribution < -0.4 is 0 Å². The fraction of sp³-hybridized carbons (Fsp3) is 0.538. The average Bonchev–Trinajstić information content (AvgIpc) is 2.38. The normalized spacial score (nSPS) is 17.8. The third-order valence-corrected chi connectivity index (χ3v) is 5.02. The van der Waals surface area contributed by atoms with Gasteiger partial charge in [0.2, 0.25) is 0 Å². The van der Waals surface area contributed by atoms with Gasteiger partial charge in [0.25, 0.3) is 0 Å². The molecule has 1 aliphatic rings. The number of sulfone groups is 1. The van der Waals surface area contributed by atoms with E-state index < -0.39 is 15.7 Å². The smallest absolute Gasteiger partial charge is 0.182 e.